The molecule has 33 nitrogen and oxygen atoms in total. The molecule has 0 aromatic heterocycles. The number of carbonyl (C=O) groups is 12. The number of nitrogens with one attached hydrogen (secondary N) is 10. The van der Waals surface area contributed by atoms with E-state index in [1.807, 2.05) is 0 Å². The summed E-state index contributed by atoms with van der Waals surface area (Å²) in [5, 5.41) is 84.8. The van der Waals surface area contributed by atoms with Crippen LogP contribution in [0.15, 0.2) is 35.3 Å². The van der Waals surface area contributed by atoms with E-state index in [0.717, 1.165) is 20.8 Å². The van der Waals surface area contributed by atoms with Crippen molar-refractivity contribution in [1.82, 2.24) is 53.2 Å². The number of aliphatic hydroxyl groups excluding tert-OH is 5. The zero-order valence-corrected chi connectivity index (χ0v) is 47.1. The van der Waals surface area contributed by atoms with Gasteiger partial charge in [-0.1, -0.05) is 44.2 Å². The van der Waals surface area contributed by atoms with Gasteiger partial charge in [0, 0.05) is 25.8 Å². The van der Waals surface area contributed by atoms with Gasteiger partial charge in [0.25, 0.3) is 0 Å². The van der Waals surface area contributed by atoms with Gasteiger partial charge < -0.3 is 107 Å². The quantitative estimate of drug-likeness (QED) is 0.0165. The molecular weight excluding hydrogens is 1100 g/mol. The normalized spacial score (nSPS) is 15.8. The number of rotatable bonds is 39. The van der Waals surface area contributed by atoms with Crippen LogP contribution in [0.5, 0.6) is 0 Å². The second kappa shape index (κ2) is 37.1. The number of hydrogen-bond acceptors (Lipinski definition) is 19. The molecule has 1 aromatic rings. The number of nitrogens with zero attached hydrogens (tertiary/aromatic N) is 1. The van der Waals surface area contributed by atoms with E-state index in [1.165, 1.54) is 7.05 Å². The molecule has 0 aliphatic rings. The second-order valence-electron chi connectivity index (χ2n) is 19.9. The molecule has 0 spiro atoms. The van der Waals surface area contributed by atoms with Crippen molar-refractivity contribution in [3.05, 3.63) is 35.9 Å². The Bertz CT molecular complexity index is 2390. The van der Waals surface area contributed by atoms with Crippen molar-refractivity contribution in [1.29, 1.82) is 0 Å². The maximum absolute atomic E-state index is 13.9. The van der Waals surface area contributed by atoms with E-state index < -0.39 is 176 Å². The molecule has 0 bridgehead atoms. The van der Waals surface area contributed by atoms with Crippen LogP contribution in [0.25, 0.3) is 0 Å². The highest BCUT2D eigenvalue weighted by atomic mass is 16.4. The molecule has 11 amide bonds. The van der Waals surface area contributed by atoms with Crippen LogP contribution >= 0.6 is 0 Å². The minimum Gasteiger partial charge on any atom is -0.481 e. The Labute approximate surface area is 478 Å². The van der Waals surface area contributed by atoms with Gasteiger partial charge in [0.15, 0.2) is 5.96 Å². The molecule has 0 saturated carbocycles. The molecule has 0 fully saturated rings. The monoisotopic (exact) mass is 1180 g/mol. The van der Waals surface area contributed by atoms with Crippen LogP contribution < -0.4 is 76.1 Å². The third-order valence-corrected chi connectivity index (χ3v) is 12.3. The minimum atomic E-state index is -2.05. The van der Waals surface area contributed by atoms with Crippen molar-refractivity contribution in [2.24, 2.45) is 33.8 Å². The van der Waals surface area contributed by atoms with Crippen molar-refractivity contribution >= 4 is 76.9 Å². The number of nitrogens with two attached hydrogens (primary N) is 4. The van der Waals surface area contributed by atoms with Gasteiger partial charge in [-0.25, -0.2) is 0 Å². The molecular formula is C50H83N15O18. The molecule has 0 heterocycles. The third-order valence-electron chi connectivity index (χ3n) is 12.3. The van der Waals surface area contributed by atoms with Gasteiger partial charge in [0.1, 0.15) is 54.4 Å². The van der Waals surface area contributed by atoms with Crippen molar-refractivity contribution in [3.63, 3.8) is 0 Å². The summed E-state index contributed by atoms with van der Waals surface area (Å²) >= 11 is 0. The summed E-state index contributed by atoms with van der Waals surface area (Å²) < 4.78 is 0. The van der Waals surface area contributed by atoms with Gasteiger partial charge in [-0.05, 0) is 71.4 Å². The summed E-state index contributed by atoms with van der Waals surface area (Å²) in [7, 11) is 1.39. The van der Waals surface area contributed by atoms with E-state index >= 15 is 0 Å². The standard InChI is InChI=1S/C50H83N15O18/c1-23(2)19-31(40(52)74)59-44(78)32(20-27-11-8-7-9-12-27)60-49(83)39(26(5)70)64-43(77)30(15-17-36(72)73)58-48(82)38(25(4)69)65-46(80)34(22-67)62-45(79)33(21-66)61-42(76)29(13-10-18-56-50(53)54)57-47(81)37(24(3)68)63-41(75)28(55-6)14-16-35(51)71/h7-9,11-12,23-26,28-34,37-39,55,66-70H,10,13-22H2,1-6H3,(H2,51,71)(H2,52,74)(H,57,81)(H,58,82)(H,59,78)(H,60,83)(H,61,76)(H,62,79)(H,63,75)(H,64,77)(H,65,80)(H,72,73)(H4,53,54,56)/t24-,25-,26-,28+,29+,30+,31+,32+,33+,34+,37+,38+,39+/m1/s1. The maximum Gasteiger partial charge on any atom is 0.303 e. The molecule has 0 aliphatic carbocycles. The number of aliphatic imine (C=N–C) groups is 1. The Kier molecular flexibility index (Phi) is 32.6. The molecule has 0 radical (unpaired) electrons. The van der Waals surface area contributed by atoms with Crippen LogP contribution in [0.2, 0.25) is 0 Å². The number of carboxylic acid groups (broad SMARTS) is 1. The summed E-state index contributed by atoms with van der Waals surface area (Å²) in [5.74, 6) is -13.9. The predicted molar refractivity (Wildman–Crippen MR) is 293 cm³/mol. The lowest BCUT2D eigenvalue weighted by Crippen LogP contribution is -2.63. The number of hydrogen-bond donors (Lipinski definition) is 20. The second-order valence-corrected chi connectivity index (χ2v) is 19.9. The highest BCUT2D eigenvalue weighted by Crippen LogP contribution is 2.11. The van der Waals surface area contributed by atoms with Crippen LogP contribution in [0, 0.1) is 5.92 Å². The van der Waals surface area contributed by atoms with Crippen LogP contribution in [0.3, 0.4) is 0 Å². The Morgan fingerprint density at radius 2 is 0.855 bits per heavy atom. The van der Waals surface area contributed by atoms with Crippen molar-refractivity contribution in [2.75, 3.05) is 26.8 Å². The highest BCUT2D eigenvalue weighted by Gasteiger charge is 2.38. The fraction of sp³-hybridized carbons (Fsp3) is 0.620. The third kappa shape index (κ3) is 27.0. The number of primary amides is 2. The van der Waals surface area contributed by atoms with Gasteiger partial charge >= 0.3 is 5.97 Å². The lowest BCUT2D eigenvalue weighted by Gasteiger charge is -2.29. The van der Waals surface area contributed by atoms with Crippen molar-refractivity contribution in [3.8, 4) is 0 Å². The van der Waals surface area contributed by atoms with Gasteiger partial charge in [-0.2, -0.15) is 0 Å². The van der Waals surface area contributed by atoms with Crippen molar-refractivity contribution in [2.45, 2.75) is 165 Å². The number of carbonyl (C=O) groups excluding carboxylic acids is 11. The first-order valence-corrected chi connectivity index (χ1v) is 26.4. The van der Waals surface area contributed by atoms with E-state index in [4.69, 9.17) is 22.9 Å². The highest BCUT2D eigenvalue weighted by molar-refractivity contribution is 5.99. The van der Waals surface area contributed by atoms with Crippen LogP contribution in [0.4, 0.5) is 0 Å². The number of aliphatic carboxylic acids is 1. The zero-order valence-electron chi connectivity index (χ0n) is 47.1. The first-order chi connectivity index (χ1) is 38.9. The molecule has 0 unspecified atom stereocenters. The lowest BCUT2D eigenvalue weighted by molar-refractivity contribution is -0.140. The van der Waals surface area contributed by atoms with Gasteiger partial charge in [0.2, 0.25) is 65.0 Å². The molecule has 33 heteroatoms. The van der Waals surface area contributed by atoms with E-state index in [2.05, 4.69) is 58.2 Å². The summed E-state index contributed by atoms with van der Waals surface area (Å²) in [4.78, 5) is 161. The minimum absolute atomic E-state index is 0.000382. The lowest BCUT2D eigenvalue weighted by atomic mass is 10.0. The Morgan fingerprint density at radius 1 is 0.482 bits per heavy atom. The fourth-order valence-electron chi connectivity index (χ4n) is 7.75. The maximum atomic E-state index is 13.9. The smallest absolute Gasteiger partial charge is 0.303 e. The summed E-state index contributed by atoms with van der Waals surface area (Å²) in [5.41, 5.74) is 22.0. The van der Waals surface area contributed by atoms with E-state index in [1.54, 1.807) is 44.2 Å². The predicted octanol–water partition coefficient (Wildman–Crippen LogP) is -8.98. The van der Waals surface area contributed by atoms with E-state index in [9.17, 15) is 88.2 Å². The molecule has 0 aliphatic heterocycles. The molecule has 1 rings (SSSR count). The number of carboxylic acids is 1. The Balaban J connectivity index is 3.39. The SMILES string of the molecule is CN[C@@H](CCC(N)=O)C(=O)N[C@H](C(=O)N[C@@H](CCCN=C(N)N)C(=O)N[C@@H](CO)C(=O)N[C@@H](CO)C(=O)N[C@H](C(=O)N[C@@H](CCC(=O)O)C(=O)N[C@H](C(=O)N[C@@H](Cc1ccccc1)C(=O)N[C@@H](CC(C)C)C(N)=O)[C@@H](C)O)[C@@H](C)O)[C@@H](C)O. The van der Waals surface area contributed by atoms with Gasteiger partial charge in [-0.3, -0.25) is 62.5 Å². The molecule has 83 heavy (non-hydrogen) atoms. The van der Waals surface area contributed by atoms with Crippen LogP contribution in [-0.2, 0) is 64.0 Å². The average molecular weight is 1180 g/mol. The van der Waals surface area contributed by atoms with E-state index in [-0.39, 0.29) is 56.9 Å². The molecule has 1 aromatic carbocycles. The topological polar surface area (TPSA) is 563 Å². The Hall–Kier alpha value is -8.11. The van der Waals surface area contributed by atoms with Crippen molar-refractivity contribution < 1.29 is 88.2 Å². The number of benzene rings is 1. The Morgan fingerprint density at radius 3 is 1.25 bits per heavy atom. The fourth-order valence-corrected chi connectivity index (χ4v) is 7.75. The van der Waals surface area contributed by atoms with Crippen LogP contribution in [-0.4, -0.2) is 213 Å². The first kappa shape index (κ1) is 72.9. The molecule has 466 valence electrons. The number of aliphatic hydroxyl groups is 5. The number of guanidine groups is 1. The first-order valence-electron chi connectivity index (χ1n) is 26.4. The van der Waals surface area contributed by atoms with E-state index in [0.29, 0.717) is 5.56 Å². The molecule has 24 N–H and O–H groups in total. The largest absolute Gasteiger partial charge is 0.481 e. The number of likely N-dealkylation sites (N-methyl/N-ethyl adjacent to an activating group) is 1. The molecule has 0 saturated heterocycles. The zero-order chi connectivity index (χ0) is 63.3. The van der Waals surface area contributed by atoms with Gasteiger partial charge in [-0.15, -0.1) is 0 Å². The summed E-state index contributed by atoms with van der Waals surface area (Å²) in [6, 6.07) is -8.40. The molecule has 13 atom stereocenters. The summed E-state index contributed by atoms with van der Waals surface area (Å²) in [6.45, 7) is 4.32. The average Bonchev–Trinajstić information content (AvgIpc) is 3.44. The van der Waals surface area contributed by atoms with Gasteiger partial charge in [0.05, 0.1) is 37.6 Å². The number of amides is 11. The summed E-state index contributed by atoms with van der Waals surface area (Å²) in [6.07, 6.45) is -7.18. The van der Waals surface area contributed by atoms with Crippen LogP contribution in [0.1, 0.15) is 85.1 Å².